The van der Waals surface area contributed by atoms with Crippen LogP contribution in [-0.2, 0) is 17.8 Å². The van der Waals surface area contributed by atoms with E-state index < -0.39 is 6.10 Å². The third-order valence-corrected chi connectivity index (χ3v) is 7.08. The number of rotatable bonds is 8. The van der Waals surface area contributed by atoms with Gasteiger partial charge in [-0.15, -0.1) is 0 Å². The van der Waals surface area contributed by atoms with Gasteiger partial charge in [0, 0.05) is 32.6 Å². The van der Waals surface area contributed by atoms with Gasteiger partial charge in [0.2, 0.25) is 0 Å². The first-order valence-corrected chi connectivity index (χ1v) is 12.3. The fourth-order valence-electron chi connectivity index (χ4n) is 5.08. The van der Waals surface area contributed by atoms with E-state index in [1.807, 2.05) is 12.1 Å². The number of benzene rings is 3. The van der Waals surface area contributed by atoms with Crippen molar-refractivity contribution in [3.05, 3.63) is 89.0 Å². The zero-order valence-electron chi connectivity index (χ0n) is 19.9. The molecule has 3 aromatic carbocycles. The molecule has 0 spiro atoms. The molecule has 2 atom stereocenters. The third kappa shape index (κ3) is 5.18. The van der Waals surface area contributed by atoms with E-state index in [-0.39, 0.29) is 6.04 Å². The van der Waals surface area contributed by atoms with E-state index in [2.05, 4.69) is 71.7 Å². The Bertz CT molecular complexity index is 1100. The van der Waals surface area contributed by atoms with E-state index in [9.17, 15) is 5.11 Å². The second-order valence-electron chi connectivity index (χ2n) is 9.26. The summed E-state index contributed by atoms with van der Waals surface area (Å²) in [5.41, 5.74) is 7.25. The minimum absolute atomic E-state index is 0.0186. The molecule has 0 saturated carbocycles. The first kappa shape index (κ1) is 23.1. The molecule has 1 saturated heterocycles. The van der Waals surface area contributed by atoms with Gasteiger partial charge in [0.05, 0.1) is 25.4 Å². The Hall–Kier alpha value is -2.70. The summed E-state index contributed by atoms with van der Waals surface area (Å²) in [6.07, 6.45) is 0.254. The molecule has 0 amide bonds. The van der Waals surface area contributed by atoms with Gasteiger partial charge in [-0.3, -0.25) is 4.90 Å². The van der Waals surface area contributed by atoms with Crippen molar-refractivity contribution < 1.29 is 14.6 Å². The van der Waals surface area contributed by atoms with Gasteiger partial charge in [-0.1, -0.05) is 54.6 Å². The lowest BCUT2D eigenvalue weighted by molar-refractivity contribution is 0.0372. The lowest BCUT2D eigenvalue weighted by Crippen LogP contribution is -2.41. The van der Waals surface area contributed by atoms with Crippen molar-refractivity contribution in [1.29, 1.82) is 0 Å². The standard InChI is InChI=1S/C29H34N2O3/c1-21-23(8-5-9-26(21)22-6-3-2-4-7-22)20-34-25-10-11-27-24(18-25)19-28(32)29(27)30-12-13-31-14-16-33-17-15-31/h2-11,18,28-30,32H,12-17,19-20H2,1H3/t28-,29-/m0/s1. The van der Waals surface area contributed by atoms with Crippen molar-refractivity contribution >= 4 is 0 Å². The van der Waals surface area contributed by atoms with E-state index in [4.69, 9.17) is 9.47 Å². The highest BCUT2D eigenvalue weighted by atomic mass is 16.5. The maximum Gasteiger partial charge on any atom is 0.120 e. The smallest absolute Gasteiger partial charge is 0.120 e. The predicted molar refractivity (Wildman–Crippen MR) is 135 cm³/mol. The lowest BCUT2D eigenvalue weighted by atomic mass is 9.97. The number of nitrogens with one attached hydrogen (secondary N) is 1. The van der Waals surface area contributed by atoms with Crippen LogP contribution in [0.1, 0.15) is 28.3 Å². The quantitative estimate of drug-likeness (QED) is 0.532. The van der Waals surface area contributed by atoms with Crippen LogP contribution in [0.4, 0.5) is 0 Å². The van der Waals surface area contributed by atoms with Crippen LogP contribution in [0.25, 0.3) is 11.1 Å². The highest BCUT2D eigenvalue weighted by Gasteiger charge is 2.31. The van der Waals surface area contributed by atoms with E-state index in [0.29, 0.717) is 13.0 Å². The van der Waals surface area contributed by atoms with Gasteiger partial charge in [0.1, 0.15) is 12.4 Å². The number of nitrogens with zero attached hydrogens (tertiary/aromatic N) is 1. The number of morpholine rings is 1. The van der Waals surface area contributed by atoms with Crippen molar-refractivity contribution in [2.45, 2.75) is 32.1 Å². The zero-order valence-corrected chi connectivity index (χ0v) is 19.9. The highest BCUT2D eigenvalue weighted by Crippen LogP contribution is 2.34. The van der Waals surface area contributed by atoms with Gasteiger partial charge in [0.25, 0.3) is 0 Å². The summed E-state index contributed by atoms with van der Waals surface area (Å²) in [5.74, 6) is 0.851. The summed E-state index contributed by atoms with van der Waals surface area (Å²) in [5, 5.41) is 14.3. The molecule has 3 aromatic rings. The molecule has 1 aliphatic heterocycles. The van der Waals surface area contributed by atoms with Crippen molar-refractivity contribution in [3.8, 4) is 16.9 Å². The van der Waals surface area contributed by atoms with E-state index in [1.54, 1.807) is 0 Å². The topological polar surface area (TPSA) is 54.0 Å². The molecule has 178 valence electrons. The van der Waals surface area contributed by atoms with E-state index in [0.717, 1.165) is 45.1 Å². The summed E-state index contributed by atoms with van der Waals surface area (Å²) in [4.78, 5) is 2.41. The molecule has 5 heteroatoms. The number of hydrogen-bond acceptors (Lipinski definition) is 5. The van der Waals surface area contributed by atoms with Crippen LogP contribution in [0.2, 0.25) is 0 Å². The van der Waals surface area contributed by atoms with Crippen LogP contribution in [0.15, 0.2) is 66.7 Å². The Balaban J connectivity index is 1.21. The Labute approximate surface area is 202 Å². The molecule has 34 heavy (non-hydrogen) atoms. The average molecular weight is 459 g/mol. The summed E-state index contributed by atoms with van der Waals surface area (Å²) < 4.78 is 11.6. The number of hydrogen-bond donors (Lipinski definition) is 2. The molecular formula is C29H34N2O3. The zero-order chi connectivity index (χ0) is 23.3. The normalized spacial score (nSPS) is 20.3. The Kier molecular flexibility index (Phi) is 7.26. The molecule has 5 rings (SSSR count). The molecule has 0 unspecified atom stereocenters. The molecular weight excluding hydrogens is 424 g/mol. The number of ether oxygens (including phenoxy) is 2. The van der Waals surface area contributed by atoms with Gasteiger partial charge in [-0.25, -0.2) is 0 Å². The molecule has 1 fully saturated rings. The van der Waals surface area contributed by atoms with Crippen LogP contribution in [-0.4, -0.2) is 55.5 Å². The van der Waals surface area contributed by atoms with Gasteiger partial charge in [-0.05, 0) is 52.4 Å². The third-order valence-electron chi connectivity index (χ3n) is 7.08. The van der Waals surface area contributed by atoms with Crippen LogP contribution in [0.5, 0.6) is 5.75 Å². The van der Waals surface area contributed by atoms with Gasteiger partial charge in [0.15, 0.2) is 0 Å². The molecule has 2 aliphatic rings. The van der Waals surface area contributed by atoms with Gasteiger partial charge >= 0.3 is 0 Å². The van der Waals surface area contributed by atoms with Crippen LogP contribution >= 0.6 is 0 Å². The molecule has 2 N–H and O–H groups in total. The van der Waals surface area contributed by atoms with Crippen LogP contribution < -0.4 is 10.1 Å². The lowest BCUT2D eigenvalue weighted by Gasteiger charge is -2.27. The monoisotopic (exact) mass is 458 g/mol. The van der Waals surface area contributed by atoms with Crippen molar-refractivity contribution in [2.75, 3.05) is 39.4 Å². The van der Waals surface area contributed by atoms with Crippen LogP contribution in [0, 0.1) is 6.92 Å². The SMILES string of the molecule is Cc1c(COc2ccc3c(c2)C[C@H](O)[C@H]3NCCN2CCOCC2)cccc1-c1ccccc1. The summed E-state index contributed by atoms with van der Waals surface area (Å²) >= 11 is 0. The number of fused-ring (bicyclic) bond motifs is 1. The fourth-order valence-corrected chi connectivity index (χ4v) is 5.08. The maximum atomic E-state index is 10.7. The molecule has 0 radical (unpaired) electrons. The Morgan fingerprint density at radius 3 is 2.68 bits per heavy atom. The minimum Gasteiger partial charge on any atom is -0.489 e. The molecule has 5 nitrogen and oxygen atoms in total. The summed E-state index contributed by atoms with van der Waals surface area (Å²) in [6, 6.07) is 23.1. The fraction of sp³-hybridized carbons (Fsp3) is 0.379. The highest BCUT2D eigenvalue weighted by molar-refractivity contribution is 5.68. The van der Waals surface area contributed by atoms with Crippen molar-refractivity contribution in [2.24, 2.45) is 0 Å². The van der Waals surface area contributed by atoms with E-state index in [1.165, 1.54) is 33.4 Å². The predicted octanol–water partition coefficient (Wildman–Crippen LogP) is 4.12. The first-order chi connectivity index (χ1) is 16.7. The minimum atomic E-state index is -0.403. The Morgan fingerprint density at radius 2 is 1.85 bits per heavy atom. The largest absolute Gasteiger partial charge is 0.489 e. The second-order valence-corrected chi connectivity index (χ2v) is 9.26. The number of aliphatic hydroxyl groups excluding tert-OH is 1. The molecule has 0 bridgehead atoms. The van der Waals surface area contributed by atoms with Gasteiger partial charge in [-0.2, -0.15) is 0 Å². The first-order valence-electron chi connectivity index (χ1n) is 12.3. The Morgan fingerprint density at radius 1 is 1.03 bits per heavy atom. The molecule has 0 aromatic heterocycles. The van der Waals surface area contributed by atoms with Crippen molar-refractivity contribution in [1.82, 2.24) is 10.2 Å². The van der Waals surface area contributed by atoms with Gasteiger partial charge < -0.3 is 19.9 Å². The van der Waals surface area contributed by atoms with Crippen molar-refractivity contribution in [3.63, 3.8) is 0 Å². The second kappa shape index (κ2) is 10.7. The molecule has 1 heterocycles. The van der Waals surface area contributed by atoms with E-state index >= 15 is 0 Å². The average Bonchev–Trinajstić information content (AvgIpc) is 3.19. The summed E-state index contributed by atoms with van der Waals surface area (Å²) in [6.45, 7) is 8.12. The number of aliphatic hydroxyl groups is 1. The molecule has 1 aliphatic carbocycles. The summed E-state index contributed by atoms with van der Waals surface area (Å²) in [7, 11) is 0. The van der Waals surface area contributed by atoms with Crippen LogP contribution in [0.3, 0.4) is 0 Å². The maximum absolute atomic E-state index is 10.7.